The number of anilines is 2. The van der Waals surface area contributed by atoms with Crippen LogP contribution in [-0.2, 0) is 4.79 Å². The average molecular weight is 401 g/mol. The van der Waals surface area contributed by atoms with Gasteiger partial charge in [-0.2, -0.15) is 0 Å². The summed E-state index contributed by atoms with van der Waals surface area (Å²) in [4.78, 5) is 32.8. The number of methoxy groups -OCH3 is 1. The van der Waals surface area contributed by atoms with Gasteiger partial charge in [0.15, 0.2) is 5.65 Å². The maximum absolute atomic E-state index is 12.7. The standard InChI is InChI=1S/C22H19N5O3/c1-14(28)25-18-9-8-16(11-20(18)30-2)26-22(29)15-10-19-21(23-12-15)27(13-24-19)17-6-4-3-5-7-17/h3-13H,1-2H3,(H,25,28)(H,26,29). The van der Waals surface area contributed by atoms with Gasteiger partial charge in [0.2, 0.25) is 5.91 Å². The first-order valence-electron chi connectivity index (χ1n) is 9.20. The third-order valence-corrected chi connectivity index (χ3v) is 4.45. The normalized spacial score (nSPS) is 10.6. The SMILES string of the molecule is COc1cc(NC(=O)c2cnc3c(c2)ncn3-c2ccccc2)ccc1NC(C)=O. The molecule has 0 saturated heterocycles. The van der Waals surface area contributed by atoms with Crippen LogP contribution in [0.3, 0.4) is 0 Å². The zero-order valence-corrected chi connectivity index (χ0v) is 16.4. The Kier molecular flexibility index (Phi) is 5.13. The van der Waals surface area contributed by atoms with Gasteiger partial charge >= 0.3 is 0 Å². The maximum atomic E-state index is 12.7. The van der Waals surface area contributed by atoms with E-state index in [1.165, 1.54) is 20.2 Å². The Morgan fingerprint density at radius 1 is 1.00 bits per heavy atom. The van der Waals surface area contributed by atoms with Gasteiger partial charge in [0.25, 0.3) is 5.91 Å². The number of nitrogens with zero attached hydrogens (tertiary/aromatic N) is 3. The average Bonchev–Trinajstić information content (AvgIpc) is 3.18. The number of carbonyl (C=O) groups excluding carboxylic acids is 2. The van der Waals surface area contributed by atoms with E-state index in [0.29, 0.717) is 33.9 Å². The van der Waals surface area contributed by atoms with Crippen molar-refractivity contribution in [1.82, 2.24) is 14.5 Å². The van der Waals surface area contributed by atoms with Gasteiger partial charge in [0.1, 0.15) is 17.6 Å². The fourth-order valence-corrected chi connectivity index (χ4v) is 3.07. The van der Waals surface area contributed by atoms with E-state index in [1.54, 1.807) is 30.6 Å². The molecule has 2 amide bonds. The van der Waals surface area contributed by atoms with Crippen molar-refractivity contribution in [3.8, 4) is 11.4 Å². The van der Waals surface area contributed by atoms with Gasteiger partial charge < -0.3 is 15.4 Å². The number of benzene rings is 2. The Hall–Kier alpha value is -4.20. The van der Waals surface area contributed by atoms with Crippen LogP contribution in [0.5, 0.6) is 5.75 Å². The lowest BCUT2D eigenvalue weighted by Crippen LogP contribution is -2.13. The molecule has 4 rings (SSSR count). The zero-order valence-electron chi connectivity index (χ0n) is 16.4. The highest BCUT2D eigenvalue weighted by atomic mass is 16.5. The molecule has 2 aromatic heterocycles. The number of aromatic nitrogens is 3. The van der Waals surface area contributed by atoms with Crippen LogP contribution in [0, 0.1) is 0 Å². The van der Waals surface area contributed by atoms with Crippen LogP contribution in [0.15, 0.2) is 67.1 Å². The summed E-state index contributed by atoms with van der Waals surface area (Å²) in [5.41, 5.74) is 3.66. The molecule has 0 unspecified atom stereocenters. The first-order valence-corrected chi connectivity index (χ1v) is 9.20. The molecular formula is C22H19N5O3. The third kappa shape index (κ3) is 3.83. The first kappa shape index (κ1) is 19.1. The number of fused-ring (bicyclic) bond motifs is 1. The van der Waals surface area contributed by atoms with Gasteiger partial charge in [-0.05, 0) is 30.3 Å². The van der Waals surface area contributed by atoms with Crippen LogP contribution in [-0.4, -0.2) is 33.5 Å². The number of imidazole rings is 1. The van der Waals surface area contributed by atoms with E-state index in [0.717, 1.165) is 5.69 Å². The van der Waals surface area contributed by atoms with E-state index >= 15 is 0 Å². The van der Waals surface area contributed by atoms with Crippen molar-refractivity contribution >= 4 is 34.4 Å². The number of hydrogen-bond donors (Lipinski definition) is 2. The van der Waals surface area contributed by atoms with Crippen LogP contribution in [0.1, 0.15) is 17.3 Å². The highest BCUT2D eigenvalue weighted by Crippen LogP contribution is 2.28. The number of carbonyl (C=O) groups is 2. The van der Waals surface area contributed by atoms with E-state index < -0.39 is 0 Å². The number of para-hydroxylation sites is 1. The van der Waals surface area contributed by atoms with Crippen molar-refractivity contribution < 1.29 is 14.3 Å². The molecule has 4 aromatic rings. The van der Waals surface area contributed by atoms with Crippen molar-refractivity contribution in [2.24, 2.45) is 0 Å². The highest BCUT2D eigenvalue weighted by Gasteiger charge is 2.13. The molecule has 2 N–H and O–H groups in total. The van der Waals surface area contributed by atoms with Gasteiger partial charge in [-0.3, -0.25) is 14.2 Å². The van der Waals surface area contributed by atoms with Gasteiger partial charge in [-0.25, -0.2) is 9.97 Å². The van der Waals surface area contributed by atoms with E-state index in [1.807, 2.05) is 34.9 Å². The second-order valence-electron chi connectivity index (χ2n) is 6.57. The molecule has 0 fully saturated rings. The Morgan fingerprint density at radius 2 is 1.80 bits per heavy atom. The largest absolute Gasteiger partial charge is 0.494 e. The summed E-state index contributed by atoms with van der Waals surface area (Å²) in [7, 11) is 1.49. The number of nitrogens with one attached hydrogen (secondary N) is 2. The molecule has 0 aliphatic rings. The van der Waals surface area contributed by atoms with Crippen LogP contribution in [0.25, 0.3) is 16.9 Å². The second-order valence-corrected chi connectivity index (χ2v) is 6.57. The fourth-order valence-electron chi connectivity index (χ4n) is 3.07. The van der Waals surface area contributed by atoms with E-state index in [4.69, 9.17) is 4.74 Å². The minimum atomic E-state index is -0.326. The van der Waals surface area contributed by atoms with E-state index in [9.17, 15) is 9.59 Å². The zero-order chi connectivity index (χ0) is 21.1. The molecule has 150 valence electrons. The molecule has 30 heavy (non-hydrogen) atoms. The topological polar surface area (TPSA) is 98.1 Å². The minimum absolute atomic E-state index is 0.209. The van der Waals surface area contributed by atoms with Crippen molar-refractivity contribution in [3.63, 3.8) is 0 Å². The molecule has 2 heterocycles. The lowest BCUT2D eigenvalue weighted by atomic mass is 10.2. The first-order chi connectivity index (χ1) is 14.5. The predicted octanol–water partition coefficient (Wildman–Crippen LogP) is 3.64. The maximum Gasteiger partial charge on any atom is 0.257 e. The Bertz CT molecular complexity index is 1230. The van der Waals surface area contributed by atoms with Gasteiger partial charge in [-0.1, -0.05) is 18.2 Å². The Morgan fingerprint density at radius 3 is 2.53 bits per heavy atom. The quantitative estimate of drug-likeness (QED) is 0.532. The molecule has 0 aliphatic heterocycles. The number of hydrogen-bond acceptors (Lipinski definition) is 5. The lowest BCUT2D eigenvalue weighted by Gasteiger charge is -2.12. The number of ether oxygens (including phenoxy) is 1. The molecule has 0 spiro atoms. The van der Waals surface area contributed by atoms with Gasteiger partial charge in [0.05, 0.1) is 18.4 Å². The van der Waals surface area contributed by atoms with Gasteiger partial charge in [-0.15, -0.1) is 0 Å². The molecule has 0 saturated carbocycles. The summed E-state index contributed by atoms with van der Waals surface area (Å²) in [6.07, 6.45) is 3.20. The smallest absolute Gasteiger partial charge is 0.257 e. The van der Waals surface area contributed by atoms with E-state index in [-0.39, 0.29) is 11.8 Å². The molecule has 2 aromatic carbocycles. The summed E-state index contributed by atoms with van der Waals surface area (Å²) in [6.45, 7) is 1.41. The third-order valence-electron chi connectivity index (χ3n) is 4.45. The summed E-state index contributed by atoms with van der Waals surface area (Å²) in [6, 6.07) is 16.4. The molecule has 0 radical (unpaired) electrons. The summed E-state index contributed by atoms with van der Waals surface area (Å²) in [5, 5.41) is 5.49. The fraction of sp³-hybridized carbons (Fsp3) is 0.0909. The Balaban J connectivity index is 1.57. The van der Waals surface area contributed by atoms with Crippen LogP contribution < -0.4 is 15.4 Å². The molecule has 0 bridgehead atoms. The summed E-state index contributed by atoms with van der Waals surface area (Å²) < 4.78 is 7.15. The number of pyridine rings is 1. The van der Waals surface area contributed by atoms with Crippen LogP contribution in [0.2, 0.25) is 0 Å². The van der Waals surface area contributed by atoms with Crippen LogP contribution in [0.4, 0.5) is 11.4 Å². The van der Waals surface area contributed by atoms with Gasteiger partial charge in [0, 0.05) is 30.6 Å². The minimum Gasteiger partial charge on any atom is -0.494 e. The number of rotatable bonds is 5. The molecule has 0 aliphatic carbocycles. The second kappa shape index (κ2) is 8.04. The number of amides is 2. The molecular weight excluding hydrogens is 382 g/mol. The summed E-state index contributed by atoms with van der Waals surface area (Å²) >= 11 is 0. The highest BCUT2D eigenvalue weighted by molar-refractivity contribution is 6.05. The molecule has 8 nitrogen and oxygen atoms in total. The monoisotopic (exact) mass is 401 g/mol. The van der Waals surface area contributed by atoms with Crippen molar-refractivity contribution in [2.45, 2.75) is 6.92 Å². The molecule has 0 atom stereocenters. The Labute approximate surface area is 172 Å². The van der Waals surface area contributed by atoms with E-state index in [2.05, 4.69) is 20.6 Å². The van der Waals surface area contributed by atoms with Crippen LogP contribution >= 0.6 is 0 Å². The summed E-state index contributed by atoms with van der Waals surface area (Å²) in [5.74, 6) is -0.0921. The lowest BCUT2D eigenvalue weighted by molar-refractivity contribution is -0.114. The van der Waals surface area contributed by atoms with Crippen molar-refractivity contribution in [2.75, 3.05) is 17.7 Å². The predicted molar refractivity (Wildman–Crippen MR) is 114 cm³/mol. The van der Waals surface area contributed by atoms with Crippen molar-refractivity contribution in [3.05, 3.63) is 72.7 Å². The molecule has 8 heteroatoms. The van der Waals surface area contributed by atoms with Crippen molar-refractivity contribution in [1.29, 1.82) is 0 Å².